The molecule has 2 aromatic carbocycles. The molecule has 0 radical (unpaired) electrons. The number of ether oxygens (including phenoxy) is 1. The molecule has 2 aliphatic rings. The smallest absolute Gasteiger partial charge is 0.338 e. The molecule has 0 unspecified atom stereocenters. The molecule has 2 aromatic rings. The molecule has 0 spiro atoms. The molecule has 1 N–H and O–H groups in total. The lowest BCUT2D eigenvalue weighted by Crippen LogP contribution is -2.43. The Bertz CT molecular complexity index is 1050. The van der Waals surface area contributed by atoms with Gasteiger partial charge in [0, 0.05) is 11.7 Å². The molecule has 1 heterocycles. The van der Waals surface area contributed by atoms with Gasteiger partial charge in [-0.2, -0.15) is 0 Å². The highest BCUT2D eigenvalue weighted by atomic mass is 16.5. The zero-order valence-electron chi connectivity index (χ0n) is 18.5. The molecule has 0 aromatic heterocycles. The van der Waals surface area contributed by atoms with Crippen molar-refractivity contribution in [1.82, 2.24) is 4.90 Å². The summed E-state index contributed by atoms with van der Waals surface area (Å²) in [5.74, 6) is -1.27. The number of hydrogen-bond acceptors (Lipinski definition) is 5. The van der Waals surface area contributed by atoms with E-state index >= 15 is 0 Å². The van der Waals surface area contributed by atoms with Crippen LogP contribution in [0.4, 0.5) is 16.2 Å². The SMILES string of the molecule is CCOC(=O)c1cccc(NC(=O)C[C@@H]2C(=O)N(c3ccccc3)C(=O)N2C2CCCC2)c1. The van der Waals surface area contributed by atoms with Gasteiger partial charge in [0.1, 0.15) is 6.04 Å². The van der Waals surface area contributed by atoms with Crippen molar-refractivity contribution in [3.05, 3.63) is 60.2 Å². The van der Waals surface area contributed by atoms with Gasteiger partial charge in [-0.3, -0.25) is 9.59 Å². The van der Waals surface area contributed by atoms with E-state index in [9.17, 15) is 19.2 Å². The molecule has 172 valence electrons. The van der Waals surface area contributed by atoms with Crippen LogP contribution in [0.15, 0.2) is 54.6 Å². The number of imide groups is 1. The van der Waals surface area contributed by atoms with Crippen LogP contribution in [0.5, 0.6) is 0 Å². The van der Waals surface area contributed by atoms with Crippen molar-refractivity contribution in [2.45, 2.75) is 51.1 Å². The summed E-state index contributed by atoms with van der Waals surface area (Å²) in [5.41, 5.74) is 1.25. The van der Waals surface area contributed by atoms with E-state index in [1.54, 1.807) is 54.3 Å². The summed E-state index contributed by atoms with van der Waals surface area (Å²) in [7, 11) is 0. The third-order valence-corrected chi connectivity index (χ3v) is 6.02. The number of para-hydroxylation sites is 1. The van der Waals surface area contributed by atoms with E-state index in [0.717, 1.165) is 25.7 Å². The highest BCUT2D eigenvalue weighted by molar-refractivity contribution is 6.22. The second-order valence-corrected chi connectivity index (χ2v) is 8.21. The van der Waals surface area contributed by atoms with Crippen LogP contribution in [-0.4, -0.2) is 47.4 Å². The topological polar surface area (TPSA) is 96.0 Å². The molecular weight excluding hydrogens is 422 g/mol. The van der Waals surface area contributed by atoms with Gasteiger partial charge in [-0.1, -0.05) is 37.1 Å². The minimum absolute atomic E-state index is 0.0555. The number of esters is 1. The van der Waals surface area contributed by atoms with Crippen molar-refractivity contribution >= 4 is 35.2 Å². The van der Waals surface area contributed by atoms with Gasteiger partial charge < -0.3 is 15.0 Å². The first-order chi connectivity index (χ1) is 16.0. The summed E-state index contributed by atoms with van der Waals surface area (Å²) in [6.07, 6.45) is 3.47. The van der Waals surface area contributed by atoms with Gasteiger partial charge in [0.2, 0.25) is 5.91 Å². The van der Waals surface area contributed by atoms with Crippen molar-refractivity contribution in [3.8, 4) is 0 Å². The van der Waals surface area contributed by atoms with Crippen LogP contribution < -0.4 is 10.2 Å². The van der Waals surface area contributed by atoms with Crippen molar-refractivity contribution < 1.29 is 23.9 Å². The Hall–Kier alpha value is -3.68. The monoisotopic (exact) mass is 449 g/mol. The number of hydrogen-bond donors (Lipinski definition) is 1. The summed E-state index contributed by atoms with van der Waals surface area (Å²) < 4.78 is 5.00. The Morgan fingerprint density at radius 2 is 1.76 bits per heavy atom. The number of nitrogens with zero attached hydrogens (tertiary/aromatic N) is 2. The summed E-state index contributed by atoms with van der Waals surface area (Å²) in [6.45, 7) is 1.97. The van der Waals surface area contributed by atoms with E-state index in [1.807, 2.05) is 6.07 Å². The number of carbonyl (C=O) groups is 4. The van der Waals surface area contributed by atoms with Crippen LogP contribution in [0.2, 0.25) is 0 Å². The van der Waals surface area contributed by atoms with Crippen LogP contribution in [0.3, 0.4) is 0 Å². The van der Waals surface area contributed by atoms with Gasteiger partial charge in [-0.25, -0.2) is 14.5 Å². The fourth-order valence-electron chi connectivity index (χ4n) is 4.53. The predicted molar refractivity (Wildman–Crippen MR) is 123 cm³/mol. The maximum atomic E-state index is 13.3. The number of anilines is 2. The molecule has 0 bridgehead atoms. The predicted octanol–water partition coefficient (Wildman–Crippen LogP) is 3.97. The second-order valence-electron chi connectivity index (χ2n) is 8.21. The first-order valence-corrected chi connectivity index (χ1v) is 11.3. The Balaban J connectivity index is 1.53. The van der Waals surface area contributed by atoms with E-state index in [2.05, 4.69) is 5.32 Å². The molecule has 1 aliphatic carbocycles. The van der Waals surface area contributed by atoms with Gasteiger partial charge >= 0.3 is 12.0 Å². The summed E-state index contributed by atoms with van der Waals surface area (Å²) >= 11 is 0. The molecule has 1 aliphatic heterocycles. The average molecular weight is 450 g/mol. The first kappa shape index (κ1) is 22.5. The minimum atomic E-state index is -0.867. The number of rotatable bonds is 7. The van der Waals surface area contributed by atoms with Crippen molar-refractivity contribution in [3.63, 3.8) is 0 Å². The van der Waals surface area contributed by atoms with Crippen LogP contribution in [0, 0.1) is 0 Å². The summed E-state index contributed by atoms with van der Waals surface area (Å²) in [6, 6.07) is 13.9. The molecule has 8 nitrogen and oxygen atoms in total. The average Bonchev–Trinajstić information content (AvgIpc) is 3.41. The Morgan fingerprint density at radius 1 is 1.03 bits per heavy atom. The third-order valence-electron chi connectivity index (χ3n) is 6.02. The quantitative estimate of drug-likeness (QED) is 0.510. The largest absolute Gasteiger partial charge is 0.462 e. The second kappa shape index (κ2) is 9.85. The third kappa shape index (κ3) is 4.74. The lowest BCUT2D eigenvalue weighted by Gasteiger charge is -2.27. The molecule has 4 rings (SSSR count). The summed E-state index contributed by atoms with van der Waals surface area (Å²) in [4.78, 5) is 54.2. The zero-order chi connectivity index (χ0) is 23.4. The van der Waals surface area contributed by atoms with Crippen molar-refractivity contribution in [2.75, 3.05) is 16.8 Å². The molecule has 4 amide bonds. The maximum absolute atomic E-state index is 13.3. The Kier molecular flexibility index (Phi) is 6.72. The Labute approximate surface area is 192 Å². The lowest BCUT2D eigenvalue weighted by molar-refractivity contribution is -0.124. The lowest BCUT2D eigenvalue weighted by atomic mass is 10.1. The van der Waals surface area contributed by atoms with Crippen LogP contribution in [0.25, 0.3) is 0 Å². The standard InChI is InChI=1S/C25H27N3O5/c1-2-33-24(31)17-9-8-10-18(15-17)26-22(29)16-21-23(30)28(20-11-4-3-5-12-20)25(32)27(21)19-13-6-7-14-19/h3-5,8-12,15,19,21H,2,6-7,13-14,16H2,1H3,(H,26,29)/t21-/m1/s1. The zero-order valence-corrected chi connectivity index (χ0v) is 18.5. The van der Waals surface area contributed by atoms with Gasteiger partial charge in [0.15, 0.2) is 0 Å². The highest BCUT2D eigenvalue weighted by Crippen LogP contribution is 2.34. The molecule has 1 atom stereocenters. The fourth-order valence-corrected chi connectivity index (χ4v) is 4.53. The molecule has 33 heavy (non-hydrogen) atoms. The highest BCUT2D eigenvalue weighted by Gasteiger charge is 2.49. The van der Waals surface area contributed by atoms with Crippen molar-refractivity contribution in [2.24, 2.45) is 0 Å². The van der Waals surface area contributed by atoms with E-state index in [0.29, 0.717) is 16.9 Å². The molecule has 2 fully saturated rings. The summed E-state index contributed by atoms with van der Waals surface area (Å²) in [5, 5.41) is 2.75. The maximum Gasteiger partial charge on any atom is 0.338 e. The first-order valence-electron chi connectivity index (χ1n) is 11.3. The van der Waals surface area contributed by atoms with Crippen LogP contribution in [-0.2, 0) is 14.3 Å². The van der Waals surface area contributed by atoms with Gasteiger partial charge in [-0.15, -0.1) is 0 Å². The normalized spacial score (nSPS) is 18.6. The number of carbonyl (C=O) groups excluding carboxylic acids is 4. The molecule has 1 saturated heterocycles. The van der Waals surface area contributed by atoms with E-state index in [4.69, 9.17) is 4.74 Å². The van der Waals surface area contributed by atoms with Gasteiger partial charge in [-0.05, 0) is 50.1 Å². The molecule has 1 saturated carbocycles. The molecule has 8 heteroatoms. The van der Waals surface area contributed by atoms with Crippen LogP contribution in [0.1, 0.15) is 49.4 Å². The number of urea groups is 1. The van der Waals surface area contributed by atoms with E-state index in [-0.39, 0.29) is 25.1 Å². The minimum Gasteiger partial charge on any atom is -0.462 e. The number of benzene rings is 2. The fraction of sp³-hybridized carbons (Fsp3) is 0.360. The van der Waals surface area contributed by atoms with Gasteiger partial charge in [0.05, 0.1) is 24.3 Å². The van der Waals surface area contributed by atoms with Crippen LogP contribution >= 0.6 is 0 Å². The molecular formula is C25H27N3O5. The number of nitrogens with one attached hydrogen (secondary N) is 1. The van der Waals surface area contributed by atoms with Gasteiger partial charge in [0.25, 0.3) is 5.91 Å². The van der Waals surface area contributed by atoms with E-state index in [1.165, 1.54) is 11.0 Å². The Morgan fingerprint density at radius 3 is 2.45 bits per heavy atom. The van der Waals surface area contributed by atoms with E-state index < -0.39 is 23.8 Å². The van der Waals surface area contributed by atoms with Crippen molar-refractivity contribution in [1.29, 1.82) is 0 Å². The number of amides is 4.